The van der Waals surface area contributed by atoms with Crippen molar-refractivity contribution in [3.63, 3.8) is 0 Å². The lowest BCUT2D eigenvalue weighted by Crippen LogP contribution is -2.40. The average Bonchev–Trinajstić information content (AvgIpc) is 3.29. The number of carbonyl (C=O) groups is 1. The van der Waals surface area contributed by atoms with Gasteiger partial charge in [0.2, 0.25) is 5.91 Å². The first kappa shape index (κ1) is 22.7. The van der Waals surface area contributed by atoms with E-state index >= 15 is 0 Å². The van der Waals surface area contributed by atoms with Crippen molar-refractivity contribution in [3.8, 4) is 0 Å². The Morgan fingerprint density at radius 2 is 1.45 bits per heavy atom. The summed E-state index contributed by atoms with van der Waals surface area (Å²) in [7, 11) is 0. The predicted octanol–water partition coefficient (Wildman–Crippen LogP) is 5.93. The number of piperidine rings is 1. The number of hydrogen-bond acceptors (Lipinski definition) is 2. The van der Waals surface area contributed by atoms with Crippen LogP contribution in [0.25, 0.3) is 0 Å². The van der Waals surface area contributed by atoms with Crippen molar-refractivity contribution in [3.05, 3.63) is 71.8 Å². The van der Waals surface area contributed by atoms with Gasteiger partial charge in [0.25, 0.3) is 0 Å². The van der Waals surface area contributed by atoms with Crippen molar-refractivity contribution in [1.29, 1.82) is 0 Å². The van der Waals surface area contributed by atoms with Crippen molar-refractivity contribution < 1.29 is 4.79 Å². The predicted molar refractivity (Wildman–Crippen MR) is 135 cm³/mol. The van der Waals surface area contributed by atoms with Crippen molar-refractivity contribution in [1.82, 2.24) is 9.80 Å². The first-order valence-corrected chi connectivity index (χ1v) is 13.3. The van der Waals surface area contributed by atoms with E-state index in [-0.39, 0.29) is 5.92 Å². The molecule has 0 radical (unpaired) electrons. The Kier molecular flexibility index (Phi) is 7.16. The Hall–Kier alpha value is -2.13. The molecular weight excluding hydrogens is 404 g/mol. The number of carbonyl (C=O) groups excluding carboxylic acids is 1. The minimum atomic E-state index is 0.246. The first-order valence-electron chi connectivity index (χ1n) is 13.3. The quantitative estimate of drug-likeness (QED) is 0.570. The van der Waals surface area contributed by atoms with Crippen molar-refractivity contribution in [2.75, 3.05) is 32.7 Å². The van der Waals surface area contributed by atoms with Crippen LogP contribution in [0.3, 0.4) is 0 Å². The molecule has 1 amide bonds. The number of nitrogens with zero attached hydrogens (tertiary/aromatic N) is 2. The minimum absolute atomic E-state index is 0.246. The standard InChI is InChI=1S/C30H40N2O/c1-23-10-8-9-15-28(23)30(33)32-21-27(29(22-32)26-13-6-3-7-14-26)20-31-18-16-25(17-19-31)24-11-4-2-5-12-24/h2-7,11-14,23,25,27-29H,8-10,15-22H2,1H3. The molecule has 176 valence electrons. The third-order valence-electron chi connectivity index (χ3n) is 8.76. The molecule has 33 heavy (non-hydrogen) atoms. The van der Waals surface area contributed by atoms with Crippen molar-refractivity contribution >= 4 is 5.91 Å². The van der Waals surface area contributed by atoms with Gasteiger partial charge in [-0.05, 0) is 67.7 Å². The molecule has 3 aliphatic rings. The Balaban J connectivity index is 1.25. The molecule has 5 rings (SSSR count). The van der Waals surface area contributed by atoms with Crippen molar-refractivity contribution in [2.45, 2.75) is 57.3 Å². The maximum absolute atomic E-state index is 13.5. The van der Waals surface area contributed by atoms with Gasteiger partial charge < -0.3 is 9.80 Å². The van der Waals surface area contributed by atoms with E-state index in [1.54, 1.807) is 0 Å². The first-order chi connectivity index (χ1) is 16.2. The van der Waals surface area contributed by atoms with Crippen LogP contribution >= 0.6 is 0 Å². The summed E-state index contributed by atoms with van der Waals surface area (Å²) in [6.07, 6.45) is 7.30. The molecule has 2 saturated heterocycles. The van der Waals surface area contributed by atoms with Crippen LogP contribution in [-0.2, 0) is 4.79 Å². The van der Waals surface area contributed by atoms with E-state index in [0.717, 1.165) is 26.1 Å². The third-order valence-corrected chi connectivity index (χ3v) is 8.76. The van der Waals surface area contributed by atoms with Crippen LogP contribution in [0, 0.1) is 17.8 Å². The molecule has 4 unspecified atom stereocenters. The number of amides is 1. The van der Waals surface area contributed by atoms with Gasteiger partial charge in [-0.1, -0.05) is 80.4 Å². The fraction of sp³-hybridized carbons (Fsp3) is 0.567. The van der Waals surface area contributed by atoms with Gasteiger partial charge >= 0.3 is 0 Å². The molecule has 0 N–H and O–H groups in total. The van der Waals surface area contributed by atoms with E-state index in [2.05, 4.69) is 77.4 Å². The number of hydrogen-bond donors (Lipinski definition) is 0. The smallest absolute Gasteiger partial charge is 0.225 e. The Morgan fingerprint density at radius 3 is 2.12 bits per heavy atom. The number of likely N-dealkylation sites (tertiary alicyclic amines) is 2. The molecule has 2 heterocycles. The van der Waals surface area contributed by atoms with Gasteiger partial charge in [-0.2, -0.15) is 0 Å². The molecule has 1 aliphatic carbocycles. The highest BCUT2D eigenvalue weighted by molar-refractivity contribution is 5.79. The second kappa shape index (κ2) is 10.4. The van der Waals surface area contributed by atoms with Gasteiger partial charge in [-0.25, -0.2) is 0 Å². The third kappa shape index (κ3) is 5.19. The molecule has 0 aromatic heterocycles. The van der Waals surface area contributed by atoms with Crippen LogP contribution in [0.1, 0.15) is 68.4 Å². The molecule has 2 aromatic rings. The van der Waals surface area contributed by atoms with Gasteiger partial charge in [0.05, 0.1) is 0 Å². The van der Waals surface area contributed by atoms with Crippen LogP contribution in [0.5, 0.6) is 0 Å². The summed E-state index contributed by atoms with van der Waals surface area (Å²) in [6.45, 7) is 7.58. The summed E-state index contributed by atoms with van der Waals surface area (Å²) in [5, 5.41) is 0. The van der Waals surface area contributed by atoms with Gasteiger partial charge in [-0.15, -0.1) is 0 Å². The second-order valence-electron chi connectivity index (χ2n) is 10.9. The summed E-state index contributed by atoms with van der Waals surface area (Å²) in [5.74, 6) is 2.91. The van der Waals surface area contributed by atoms with E-state index in [1.165, 1.54) is 56.3 Å². The second-order valence-corrected chi connectivity index (χ2v) is 10.9. The zero-order valence-electron chi connectivity index (χ0n) is 20.2. The van der Waals surface area contributed by atoms with E-state index in [9.17, 15) is 4.79 Å². The van der Waals surface area contributed by atoms with E-state index in [1.807, 2.05) is 0 Å². The monoisotopic (exact) mass is 444 g/mol. The molecular formula is C30H40N2O. The van der Waals surface area contributed by atoms with Crippen LogP contribution < -0.4 is 0 Å². The molecule has 0 spiro atoms. The largest absolute Gasteiger partial charge is 0.341 e. The maximum atomic E-state index is 13.5. The molecule has 4 atom stereocenters. The molecule has 3 heteroatoms. The number of rotatable bonds is 5. The molecule has 3 nitrogen and oxygen atoms in total. The molecule has 1 saturated carbocycles. The van der Waals surface area contributed by atoms with Gasteiger partial charge in [0.15, 0.2) is 0 Å². The Morgan fingerprint density at radius 1 is 0.818 bits per heavy atom. The summed E-state index contributed by atoms with van der Waals surface area (Å²) in [6, 6.07) is 22.0. The molecule has 3 fully saturated rings. The zero-order chi connectivity index (χ0) is 22.6. The molecule has 2 aliphatic heterocycles. The Bertz CT molecular complexity index is 890. The van der Waals surface area contributed by atoms with E-state index in [0.29, 0.717) is 29.6 Å². The van der Waals surface area contributed by atoms with Crippen LogP contribution in [0.2, 0.25) is 0 Å². The Labute approximate surface area is 200 Å². The van der Waals surface area contributed by atoms with Crippen LogP contribution in [-0.4, -0.2) is 48.4 Å². The van der Waals surface area contributed by atoms with Crippen molar-refractivity contribution in [2.24, 2.45) is 17.8 Å². The lowest BCUT2D eigenvalue weighted by molar-refractivity contribution is -0.137. The lowest BCUT2D eigenvalue weighted by Gasteiger charge is -2.35. The minimum Gasteiger partial charge on any atom is -0.341 e. The zero-order valence-corrected chi connectivity index (χ0v) is 20.2. The van der Waals surface area contributed by atoms with Gasteiger partial charge in [0.1, 0.15) is 0 Å². The normalized spacial score (nSPS) is 29.3. The number of benzene rings is 2. The topological polar surface area (TPSA) is 23.6 Å². The fourth-order valence-corrected chi connectivity index (χ4v) is 6.74. The SMILES string of the molecule is CC1CCCCC1C(=O)N1CC(CN2CCC(c3ccccc3)CC2)C(c2ccccc2)C1. The van der Waals surface area contributed by atoms with Gasteiger partial charge in [0, 0.05) is 31.5 Å². The molecule has 0 bridgehead atoms. The molecule has 2 aromatic carbocycles. The summed E-state index contributed by atoms with van der Waals surface area (Å²) < 4.78 is 0. The van der Waals surface area contributed by atoms with Crippen LogP contribution in [0.15, 0.2) is 60.7 Å². The summed E-state index contributed by atoms with van der Waals surface area (Å²) in [5.41, 5.74) is 2.91. The highest BCUT2D eigenvalue weighted by Gasteiger charge is 2.40. The summed E-state index contributed by atoms with van der Waals surface area (Å²) in [4.78, 5) is 18.5. The average molecular weight is 445 g/mol. The lowest BCUT2D eigenvalue weighted by atomic mass is 9.79. The maximum Gasteiger partial charge on any atom is 0.225 e. The highest BCUT2D eigenvalue weighted by Crippen LogP contribution is 2.38. The van der Waals surface area contributed by atoms with E-state index < -0.39 is 0 Å². The van der Waals surface area contributed by atoms with Crippen LogP contribution in [0.4, 0.5) is 0 Å². The van der Waals surface area contributed by atoms with E-state index in [4.69, 9.17) is 0 Å². The highest BCUT2D eigenvalue weighted by atomic mass is 16.2. The fourth-order valence-electron chi connectivity index (χ4n) is 6.74. The summed E-state index contributed by atoms with van der Waals surface area (Å²) >= 11 is 0. The van der Waals surface area contributed by atoms with Gasteiger partial charge in [-0.3, -0.25) is 4.79 Å².